The maximum absolute atomic E-state index is 12.4. The van der Waals surface area contributed by atoms with Gasteiger partial charge in [-0.1, -0.05) is 30.3 Å². The Morgan fingerprint density at radius 1 is 1.15 bits per heavy atom. The molecule has 0 bridgehead atoms. The first-order chi connectivity index (χ1) is 12.8. The van der Waals surface area contributed by atoms with Crippen LogP contribution in [0.25, 0.3) is 0 Å². The quantitative estimate of drug-likeness (QED) is 0.385. The first-order valence-electron chi connectivity index (χ1n) is 8.01. The number of aromatic nitrogens is 2. The number of carboxylic acid groups (broad SMARTS) is 2. The maximum atomic E-state index is 12.4. The molecule has 1 aromatic heterocycles. The Morgan fingerprint density at radius 2 is 1.81 bits per heavy atom. The molecule has 1 heterocycles. The molecule has 144 valence electrons. The molecule has 2 aromatic rings. The fourth-order valence-electron chi connectivity index (χ4n) is 2.49. The molecular formula is C17H19N3O7. The molecule has 1 aromatic carbocycles. The largest absolute Gasteiger partial charge is 0.479 e. The third kappa shape index (κ3) is 5.12. The first-order valence-corrected chi connectivity index (χ1v) is 8.01. The van der Waals surface area contributed by atoms with E-state index in [0.29, 0.717) is 5.56 Å². The van der Waals surface area contributed by atoms with Gasteiger partial charge in [-0.05, 0) is 12.0 Å². The molecule has 0 spiro atoms. The Kier molecular flexibility index (Phi) is 6.63. The Balaban J connectivity index is 2.23. The summed E-state index contributed by atoms with van der Waals surface area (Å²) in [5, 5.41) is 43.3. The molecule has 0 aliphatic rings. The van der Waals surface area contributed by atoms with Crippen molar-refractivity contribution in [3.05, 3.63) is 53.3 Å². The van der Waals surface area contributed by atoms with E-state index in [2.05, 4.69) is 10.4 Å². The summed E-state index contributed by atoms with van der Waals surface area (Å²) >= 11 is 0. The number of aliphatic carboxylic acids is 1. The lowest BCUT2D eigenvalue weighted by atomic mass is 10.0. The summed E-state index contributed by atoms with van der Waals surface area (Å²) in [6.07, 6.45) is -1.82. The average molecular weight is 377 g/mol. The Morgan fingerprint density at radius 3 is 2.37 bits per heavy atom. The minimum Gasteiger partial charge on any atom is -0.479 e. The fourth-order valence-corrected chi connectivity index (χ4v) is 2.49. The van der Waals surface area contributed by atoms with Crippen LogP contribution in [-0.2, 0) is 17.8 Å². The van der Waals surface area contributed by atoms with E-state index in [-0.39, 0.29) is 31.0 Å². The molecule has 2 rings (SSSR count). The van der Waals surface area contributed by atoms with Crippen LogP contribution >= 0.6 is 0 Å². The van der Waals surface area contributed by atoms with Gasteiger partial charge in [0.25, 0.3) is 5.91 Å². The van der Waals surface area contributed by atoms with E-state index in [1.807, 2.05) is 0 Å². The number of aliphatic hydroxyl groups is 2. The number of nitrogens with one attached hydrogen (secondary N) is 1. The van der Waals surface area contributed by atoms with Gasteiger partial charge in [-0.3, -0.25) is 9.48 Å². The van der Waals surface area contributed by atoms with Crippen molar-refractivity contribution in [1.29, 1.82) is 0 Å². The summed E-state index contributed by atoms with van der Waals surface area (Å²) in [6.45, 7) is -0.502. The highest BCUT2D eigenvalue weighted by molar-refractivity contribution is 5.96. The molecular weight excluding hydrogens is 358 g/mol. The van der Waals surface area contributed by atoms with Gasteiger partial charge in [0.1, 0.15) is 5.69 Å². The van der Waals surface area contributed by atoms with Crippen molar-refractivity contribution in [3.63, 3.8) is 0 Å². The molecule has 0 saturated heterocycles. The number of hydrogen-bond acceptors (Lipinski definition) is 6. The van der Waals surface area contributed by atoms with Gasteiger partial charge in [-0.2, -0.15) is 5.10 Å². The number of aliphatic hydroxyl groups excluding tert-OH is 2. The lowest BCUT2D eigenvalue weighted by Gasteiger charge is -2.21. The molecule has 1 amide bonds. The second kappa shape index (κ2) is 8.92. The van der Waals surface area contributed by atoms with E-state index < -0.39 is 30.0 Å². The molecule has 10 heteroatoms. The van der Waals surface area contributed by atoms with Gasteiger partial charge >= 0.3 is 11.9 Å². The van der Waals surface area contributed by atoms with E-state index in [9.17, 15) is 19.5 Å². The minimum atomic E-state index is -1.87. The molecule has 27 heavy (non-hydrogen) atoms. The standard InChI is InChI=1S/C17H19N3O7/c21-7-6-20-13(16(24)25)9-12(19-20)15(23)18-11(14(22)17(26)27)8-10-4-2-1-3-5-10/h1-5,9,11,14,21-22H,6-8H2,(H,18,23)(H,24,25)(H,26,27)/t11-,14-/m1/s1. The Hall–Kier alpha value is -3.24. The van der Waals surface area contributed by atoms with E-state index >= 15 is 0 Å². The van der Waals surface area contributed by atoms with Gasteiger partial charge in [0.15, 0.2) is 11.8 Å². The second-order valence-electron chi connectivity index (χ2n) is 5.72. The summed E-state index contributed by atoms with van der Waals surface area (Å²) in [4.78, 5) is 34.8. The zero-order valence-electron chi connectivity index (χ0n) is 14.1. The smallest absolute Gasteiger partial charge is 0.354 e. The van der Waals surface area contributed by atoms with Crippen molar-refractivity contribution in [2.75, 3.05) is 6.61 Å². The van der Waals surface area contributed by atoms with Gasteiger partial charge in [0.05, 0.1) is 19.2 Å². The highest BCUT2D eigenvalue weighted by Gasteiger charge is 2.29. The topological polar surface area (TPSA) is 162 Å². The lowest BCUT2D eigenvalue weighted by Crippen LogP contribution is -2.48. The SMILES string of the molecule is O=C(N[C@H](Cc1ccccc1)[C@@H](O)C(=O)O)c1cc(C(=O)O)n(CCO)n1. The second-order valence-corrected chi connectivity index (χ2v) is 5.72. The number of hydrogen-bond donors (Lipinski definition) is 5. The predicted molar refractivity (Wildman–Crippen MR) is 91.3 cm³/mol. The van der Waals surface area contributed by atoms with Gasteiger partial charge in [0, 0.05) is 6.07 Å². The van der Waals surface area contributed by atoms with Crippen LogP contribution in [0.4, 0.5) is 0 Å². The summed E-state index contributed by atoms with van der Waals surface area (Å²) in [5.41, 5.74) is 0.129. The van der Waals surface area contributed by atoms with E-state index in [1.54, 1.807) is 30.3 Å². The zero-order chi connectivity index (χ0) is 20.0. The minimum absolute atomic E-state index is 0.0448. The van der Waals surface area contributed by atoms with Crippen LogP contribution in [0.15, 0.2) is 36.4 Å². The van der Waals surface area contributed by atoms with Crippen LogP contribution in [0.5, 0.6) is 0 Å². The monoisotopic (exact) mass is 377 g/mol. The molecule has 2 atom stereocenters. The number of benzene rings is 1. The van der Waals surface area contributed by atoms with Crippen LogP contribution in [0.3, 0.4) is 0 Å². The molecule has 0 fully saturated rings. The number of amides is 1. The van der Waals surface area contributed by atoms with Gasteiger partial charge < -0.3 is 25.7 Å². The fraction of sp³-hybridized carbons (Fsp3) is 0.294. The highest BCUT2D eigenvalue weighted by atomic mass is 16.4. The van der Waals surface area contributed by atoms with Gasteiger partial charge in [0.2, 0.25) is 0 Å². The number of carbonyl (C=O) groups excluding carboxylic acids is 1. The summed E-state index contributed by atoms with van der Waals surface area (Å²) in [5.74, 6) is -3.68. The predicted octanol–water partition coefficient (Wildman–Crippen LogP) is -0.640. The number of aromatic carboxylic acids is 1. The maximum Gasteiger partial charge on any atom is 0.354 e. The number of rotatable bonds is 9. The van der Waals surface area contributed by atoms with Crippen molar-refractivity contribution >= 4 is 17.8 Å². The van der Waals surface area contributed by atoms with Crippen molar-refractivity contribution in [1.82, 2.24) is 15.1 Å². The molecule has 10 nitrogen and oxygen atoms in total. The van der Waals surface area contributed by atoms with Crippen molar-refractivity contribution in [2.45, 2.75) is 25.1 Å². The summed E-state index contributed by atoms with van der Waals surface area (Å²) in [7, 11) is 0. The molecule has 0 unspecified atom stereocenters. The van der Waals surface area contributed by atoms with E-state index in [1.165, 1.54) is 0 Å². The van der Waals surface area contributed by atoms with Crippen LogP contribution in [0.1, 0.15) is 26.5 Å². The Labute approximate surface area is 153 Å². The summed E-state index contributed by atoms with van der Waals surface area (Å²) in [6, 6.07) is 8.52. The first kappa shape index (κ1) is 20.1. The zero-order valence-corrected chi connectivity index (χ0v) is 14.1. The third-order valence-corrected chi connectivity index (χ3v) is 3.79. The van der Waals surface area contributed by atoms with Gasteiger partial charge in [-0.15, -0.1) is 0 Å². The molecule has 0 saturated carbocycles. The average Bonchev–Trinajstić information content (AvgIpc) is 3.06. The Bertz CT molecular complexity index is 819. The van der Waals surface area contributed by atoms with Crippen LogP contribution in [-0.4, -0.2) is 66.8 Å². The molecule has 5 N–H and O–H groups in total. The molecule has 0 aliphatic carbocycles. The number of carboxylic acids is 2. The van der Waals surface area contributed by atoms with Crippen LogP contribution < -0.4 is 5.32 Å². The third-order valence-electron chi connectivity index (χ3n) is 3.79. The number of nitrogens with zero attached hydrogens (tertiary/aromatic N) is 2. The molecule has 0 aliphatic heterocycles. The molecule has 0 radical (unpaired) electrons. The van der Waals surface area contributed by atoms with E-state index in [4.69, 9.17) is 15.3 Å². The normalized spacial score (nSPS) is 13.0. The number of carbonyl (C=O) groups is 3. The van der Waals surface area contributed by atoms with Crippen molar-refractivity contribution in [3.8, 4) is 0 Å². The van der Waals surface area contributed by atoms with Gasteiger partial charge in [-0.25, -0.2) is 9.59 Å². The lowest BCUT2D eigenvalue weighted by molar-refractivity contribution is -0.148. The van der Waals surface area contributed by atoms with Crippen LogP contribution in [0, 0.1) is 0 Å². The van der Waals surface area contributed by atoms with Crippen LogP contribution in [0.2, 0.25) is 0 Å². The van der Waals surface area contributed by atoms with Crippen molar-refractivity contribution in [2.24, 2.45) is 0 Å². The summed E-state index contributed by atoms with van der Waals surface area (Å²) < 4.78 is 0.955. The van der Waals surface area contributed by atoms with E-state index in [0.717, 1.165) is 10.7 Å². The highest BCUT2D eigenvalue weighted by Crippen LogP contribution is 2.10. The van der Waals surface area contributed by atoms with Crippen molar-refractivity contribution < 1.29 is 34.8 Å².